The molecule has 1 aromatic heterocycles. The van der Waals surface area contributed by atoms with Crippen LogP contribution in [0.4, 0.5) is 0 Å². The molecule has 18 heavy (non-hydrogen) atoms. The van der Waals surface area contributed by atoms with E-state index < -0.39 is 12.1 Å². The number of nitrogens with one attached hydrogen (secondary N) is 1. The lowest BCUT2D eigenvalue weighted by atomic mass is 10.2. The molecular formula is C13H17NO3S. The van der Waals surface area contributed by atoms with E-state index in [9.17, 15) is 9.59 Å². The van der Waals surface area contributed by atoms with Crippen LogP contribution in [0.2, 0.25) is 0 Å². The zero-order valence-electron chi connectivity index (χ0n) is 10.6. The van der Waals surface area contributed by atoms with Gasteiger partial charge in [-0.2, -0.15) is 0 Å². The normalized spacial score (nSPS) is 15.0. The van der Waals surface area contributed by atoms with E-state index in [1.54, 1.807) is 6.92 Å². The zero-order chi connectivity index (χ0) is 13.1. The van der Waals surface area contributed by atoms with E-state index >= 15 is 0 Å². The van der Waals surface area contributed by atoms with Gasteiger partial charge in [0.2, 0.25) is 0 Å². The molecule has 1 amide bonds. The van der Waals surface area contributed by atoms with Crippen LogP contribution in [-0.4, -0.2) is 24.5 Å². The Morgan fingerprint density at radius 1 is 1.50 bits per heavy atom. The average Bonchev–Trinajstić information content (AvgIpc) is 2.88. The molecular weight excluding hydrogens is 250 g/mol. The topological polar surface area (TPSA) is 55.4 Å². The Labute approximate surface area is 110 Å². The SMILES string of the molecule is CCNC(=O)[C@H](C)OC(=O)c1cc2c(s1)CCC2. The number of rotatable bonds is 4. The lowest BCUT2D eigenvalue weighted by molar-refractivity contribution is -0.128. The molecule has 0 saturated carbocycles. The molecule has 0 spiro atoms. The van der Waals surface area contributed by atoms with Crippen LogP contribution in [0, 0.1) is 0 Å². The van der Waals surface area contributed by atoms with Crippen LogP contribution in [0.15, 0.2) is 6.07 Å². The van der Waals surface area contributed by atoms with Gasteiger partial charge in [-0.15, -0.1) is 11.3 Å². The highest BCUT2D eigenvalue weighted by atomic mass is 32.1. The molecule has 5 heteroatoms. The quantitative estimate of drug-likeness (QED) is 0.848. The minimum atomic E-state index is -0.741. The number of esters is 1. The molecule has 1 heterocycles. The van der Waals surface area contributed by atoms with E-state index in [1.807, 2.05) is 13.0 Å². The molecule has 0 aliphatic heterocycles. The molecule has 1 aliphatic rings. The fourth-order valence-corrected chi connectivity index (χ4v) is 3.16. The summed E-state index contributed by atoms with van der Waals surface area (Å²) in [5.74, 6) is -0.650. The number of thiophene rings is 1. The second-order valence-electron chi connectivity index (χ2n) is 4.35. The Kier molecular flexibility index (Phi) is 4.01. The average molecular weight is 267 g/mol. The summed E-state index contributed by atoms with van der Waals surface area (Å²) in [6.07, 6.45) is 2.53. The van der Waals surface area contributed by atoms with Crippen molar-refractivity contribution in [3.05, 3.63) is 21.4 Å². The van der Waals surface area contributed by atoms with Crippen LogP contribution in [0.5, 0.6) is 0 Å². The fraction of sp³-hybridized carbons (Fsp3) is 0.538. The Balaban J connectivity index is 1.97. The van der Waals surface area contributed by atoms with Crippen LogP contribution in [0.25, 0.3) is 0 Å². The Bertz CT molecular complexity index is 445. The number of hydrogen-bond donors (Lipinski definition) is 1. The lowest BCUT2D eigenvalue weighted by Gasteiger charge is -2.11. The van der Waals surface area contributed by atoms with Gasteiger partial charge in [0, 0.05) is 11.4 Å². The number of carbonyl (C=O) groups excluding carboxylic acids is 2. The molecule has 1 N–H and O–H groups in total. The predicted molar refractivity (Wildman–Crippen MR) is 69.9 cm³/mol. The van der Waals surface area contributed by atoms with Crippen LogP contribution in [-0.2, 0) is 22.4 Å². The van der Waals surface area contributed by atoms with Crippen molar-refractivity contribution < 1.29 is 14.3 Å². The summed E-state index contributed by atoms with van der Waals surface area (Å²) in [5, 5.41) is 2.63. The number of aryl methyl sites for hydroxylation is 2. The Morgan fingerprint density at radius 3 is 2.94 bits per heavy atom. The van der Waals surface area contributed by atoms with Crippen molar-refractivity contribution in [3.8, 4) is 0 Å². The predicted octanol–water partition coefficient (Wildman–Crippen LogP) is 1.92. The summed E-state index contributed by atoms with van der Waals surface area (Å²) in [7, 11) is 0. The molecule has 0 fully saturated rings. The van der Waals surface area contributed by atoms with Gasteiger partial charge >= 0.3 is 5.97 Å². The first-order valence-electron chi connectivity index (χ1n) is 6.22. The van der Waals surface area contributed by atoms with Gasteiger partial charge in [0.25, 0.3) is 5.91 Å². The summed E-state index contributed by atoms with van der Waals surface area (Å²) in [6.45, 7) is 3.95. The van der Waals surface area contributed by atoms with Crippen molar-refractivity contribution in [2.45, 2.75) is 39.2 Å². The first-order valence-corrected chi connectivity index (χ1v) is 7.03. The maximum Gasteiger partial charge on any atom is 0.349 e. The van der Waals surface area contributed by atoms with Crippen LogP contribution in [0.1, 0.15) is 40.4 Å². The van der Waals surface area contributed by atoms with Gasteiger partial charge in [-0.1, -0.05) is 0 Å². The highest BCUT2D eigenvalue weighted by molar-refractivity contribution is 7.14. The molecule has 0 bridgehead atoms. The third-order valence-electron chi connectivity index (χ3n) is 2.95. The number of ether oxygens (including phenoxy) is 1. The highest BCUT2D eigenvalue weighted by Crippen LogP contribution is 2.31. The van der Waals surface area contributed by atoms with E-state index in [0.717, 1.165) is 12.8 Å². The molecule has 0 aromatic carbocycles. The van der Waals surface area contributed by atoms with Crippen molar-refractivity contribution in [1.82, 2.24) is 5.32 Å². The summed E-state index contributed by atoms with van der Waals surface area (Å²) in [4.78, 5) is 25.2. The van der Waals surface area contributed by atoms with Gasteiger partial charge in [-0.3, -0.25) is 4.79 Å². The van der Waals surface area contributed by atoms with Crippen LogP contribution in [0.3, 0.4) is 0 Å². The van der Waals surface area contributed by atoms with Crippen molar-refractivity contribution in [1.29, 1.82) is 0 Å². The summed E-state index contributed by atoms with van der Waals surface area (Å²) in [6, 6.07) is 1.90. The largest absolute Gasteiger partial charge is 0.448 e. The Morgan fingerprint density at radius 2 is 2.28 bits per heavy atom. The van der Waals surface area contributed by atoms with Gasteiger partial charge in [0.1, 0.15) is 4.88 Å². The van der Waals surface area contributed by atoms with E-state index in [4.69, 9.17) is 4.74 Å². The van der Waals surface area contributed by atoms with E-state index in [-0.39, 0.29) is 5.91 Å². The number of hydrogen-bond acceptors (Lipinski definition) is 4. The molecule has 1 aromatic rings. The first kappa shape index (κ1) is 13.1. The molecule has 0 unspecified atom stereocenters. The second-order valence-corrected chi connectivity index (χ2v) is 5.49. The maximum absolute atomic E-state index is 11.9. The lowest BCUT2D eigenvalue weighted by Crippen LogP contribution is -2.35. The maximum atomic E-state index is 11.9. The number of carbonyl (C=O) groups is 2. The fourth-order valence-electron chi connectivity index (χ4n) is 2.02. The van der Waals surface area contributed by atoms with Crippen LogP contribution < -0.4 is 5.32 Å². The minimum Gasteiger partial charge on any atom is -0.448 e. The summed E-state index contributed by atoms with van der Waals surface area (Å²) in [5.41, 5.74) is 1.26. The van der Waals surface area contributed by atoms with Crippen molar-refractivity contribution >= 4 is 23.2 Å². The molecule has 0 saturated heterocycles. The van der Waals surface area contributed by atoms with E-state index in [0.29, 0.717) is 11.4 Å². The Hall–Kier alpha value is -1.36. The number of likely N-dealkylation sites (N-methyl/N-ethyl adjacent to an activating group) is 1. The molecule has 98 valence electrons. The van der Waals surface area contributed by atoms with Crippen molar-refractivity contribution in [2.75, 3.05) is 6.54 Å². The molecule has 2 rings (SSSR count). The van der Waals surface area contributed by atoms with E-state index in [2.05, 4.69) is 5.32 Å². The van der Waals surface area contributed by atoms with Gasteiger partial charge in [-0.05, 0) is 44.7 Å². The number of fused-ring (bicyclic) bond motifs is 1. The van der Waals surface area contributed by atoms with Crippen molar-refractivity contribution in [3.63, 3.8) is 0 Å². The van der Waals surface area contributed by atoms with Crippen LogP contribution >= 0.6 is 11.3 Å². The number of amides is 1. The summed E-state index contributed by atoms with van der Waals surface area (Å²) < 4.78 is 5.15. The molecule has 1 aliphatic carbocycles. The van der Waals surface area contributed by atoms with Crippen molar-refractivity contribution in [2.24, 2.45) is 0 Å². The zero-order valence-corrected chi connectivity index (χ0v) is 11.4. The highest BCUT2D eigenvalue weighted by Gasteiger charge is 2.22. The van der Waals surface area contributed by atoms with E-state index in [1.165, 1.54) is 28.2 Å². The standard InChI is InChI=1S/C13H17NO3S/c1-3-14-12(15)8(2)17-13(16)11-7-9-5-4-6-10(9)18-11/h7-8H,3-6H2,1-2H3,(H,14,15)/t8-/m0/s1. The van der Waals surface area contributed by atoms with Gasteiger partial charge in [0.15, 0.2) is 6.10 Å². The summed E-state index contributed by atoms with van der Waals surface area (Å²) >= 11 is 1.49. The van der Waals surface area contributed by atoms with Gasteiger partial charge in [0.05, 0.1) is 0 Å². The second kappa shape index (κ2) is 5.52. The third kappa shape index (κ3) is 2.72. The molecule has 4 nitrogen and oxygen atoms in total. The smallest absolute Gasteiger partial charge is 0.349 e. The third-order valence-corrected chi connectivity index (χ3v) is 4.17. The van der Waals surface area contributed by atoms with Gasteiger partial charge in [-0.25, -0.2) is 4.79 Å². The molecule has 1 atom stereocenters. The monoisotopic (exact) mass is 267 g/mol. The minimum absolute atomic E-state index is 0.255. The molecule has 0 radical (unpaired) electrons. The van der Waals surface area contributed by atoms with Gasteiger partial charge < -0.3 is 10.1 Å². The first-order chi connectivity index (χ1) is 8.61.